The first kappa shape index (κ1) is 23.7. The van der Waals surface area contributed by atoms with Gasteiger partial charge in [0.25, 0.3) is 5.91 Å². The number of hydrogen-bond acceptors (Lipinski definition) is 3. The molecule has 0 atom stereocenters. The van der Waals surface area contributed by atoms with E-state index in [0.29, 0.717) is 23.1 Å². The molecular weight excluding hydrogens is 422 g/mol. The Hall–Kier alpha value is -2.98. The highest BCUT2D eigenvalue weighted by Gasteiger charge is 2.30. The van der Waals surface area contributed by atoms with Crippen molar-refractivity contribution in [3.05, 3.63) is 88.9 Å². The number of benzene rings is 3. The molecule has 5 heteroatoms. The highest BCUT2D eigenvalue weighted by molar-refractivity contribution is 6.30. The summed E-state index contributed by atoms with van der Waals surface area (Å²) in [6, 6.07) is 22.7. The second-order valence-corrected chi connectivity index (χ2v) is 9.72. The molecule has 0 saturated carbocycles. The summed E-state index contributed by atoms with van der Waals surface area (Å²) in [4.78, 5) is 12.7. The van der Waals surface area contributed by atoms with Gasteiger partial charge in [-0.15, -0.1) is 0 Å². The SMILES string of the molecule is CC(C)(Oc1ccc(Cl)cc1)C(=O)Nc1ccc(OCc2ccc(C(C)(C)C)cc2)cc1. The standard InChI is InChI=1S/C27H30ClNO3/c1-26(2,3)20-8-6-19(7-9-20)18-31-23-16-12-22(13-17-23)29-25(30)27(4,5)32-24-14-10-21(28)11-15-24/h6-17H,18H2,1-5H3,(H,29,30). The van der Waals surface area contributed by atoms with Gasteiger partial charge in [0, 0.05) is 10.7 Å². The number of hydrogen-bond donors (Lipinski definition) is 1. The molecule has 0 spiro atoms. The third-order valence-corrected chi connectivity index (χ3v) is 5.32. The normalized spacial score (nSPS) is 11.7. The molecule has 3 rings (SSSR count). The van der Waals surface area contributed by atoms with E-state index in [1.54, 1.807) is 38.1 Å². The highest BCUT2D eigenvalue weighted by atomic mass is 35.5. The third kappa shape index (κ3) is 6.51. The molecule has 0 bridgehead atoms. The molecule has 32 heavy (non-hydrogen) atoms. The van der Waals surface area contributed by atoms with Gasteiger partial charge in [-0.25, -0.2) is 0 Å². The van der Waals surface area contributed by atoms with E-state index in [9.17, 15) is 4.79 Å². The summed E-state index contributed by atoms with van der Waals surface area (Å²) in [7, 11) is 0. The maximum atomic E-state index is 12.7. The molecule has 4 nitrogen and oxygen atoms in total. The van der Waals surface area contributed by atoms with Crippen LogP contribution < -0.4 is 14.8 Å². The Morgan fingerprint density at radius 3 is 1.94 bits per heavy atom. The van der Waals surface area contributed by atoms with Crippen molar-refractivity contribution in [2.24, 2.45) is 0 Å². The maximum Gasteiger partial charge on any atom is 0.267 e. The predicted molar refractivity (Wildman–Crippen MR) is 131 cm³/mol. The lowest BCUT2D eigenvalue weighted by molar-refractivity contribution is -0.128. The van der Waals surface area contributed by atoms with Crippen LogP contribution in [0.25, 0.3) is 0 Å². The first-order valence-electron chi connectivity index (χ1n) is 10.6. The zero-order valence-corrected chi connectivity index (χ0v) is 20.0. The van der Waals surface area contributed by atoms with Crippen LogP contribution in [-0.2, 0) is 16.8 Å². The van der Waals surface area contributed by atoms with Gasteiger partial charge in [-0.05, 0) is 78.9 Å². The predicted octanol–water partition coefficient (Wildman–Crippen LogP) is 7.01. The quantitative estimate of drug-likeness (QED) is 0.420. The monoisotopic (exact) mass is 451 g/mol. The summed E-state index contributed by atoms with van der Waals surface area (Å²) in [5.41, 5.74) is 2.15. The zero-order valence-electron chi connectivity index (χ0n) is 19.2. The number of carbonyl (C=O) groups is 1. The molecule has 1 N–H and O–H groups in total. The minimum Gasteiger partial charge on any atom is -0.489 e. The van der Waals surface area contributed by atoms with Crippen LogP contribution in [-0.4, -0.2) is 11.5 Å². The average molecular weight is 452 g/mol. The minimum absolute atomic E-state index is 0.133. The molecule has 0 aliphatic carbocycles. The molecule has 0 aliphatic rings. The Balaban J connectivity index is 1.54. The highest BCUT2D eigenvalue weighted by Crippen LogP contribution is 2.24. The van der Waals surface area contributed by atoms with Crippen molar-refractivity contribution >= 4 is 23.2 Å². The van der Waals surface area contributed by atoms with Gasteiger partial charge in [-0.3, -0.25) is 4.79 Å². The first-order valence-corrected chi connectivity index (χ1v) is 11.0. The fraction of sp³-hybridized carbons (Fsp3) is 0.296. The molecule has 0 aliphatic heterocycles. The molecule has 0 unspecified atom stereocenters. The Bertz CT molecular complexity index is 1030. The average Bonchev–Trinajstić information content (AvgIpc) is 2.74. The Morgan fingerprint density at radius 2 is 1.38 bits per heavy atom. The molecule has 0 saturated heterocycles. The number of ether oxygens (including phenoxy) is 2. The van der Waals surface area contributed by atoms with E-state index in [0.717, 1.165) is 11.3 Å². The van der Waals surface area contributed by atoms with Crippen molar-refractivity contribution < 1.29 is 14.3 Å². The van der Waals surface area contributed by atoms with Gasteiger partial charge in [0.2, 0.25) is 0 Å². The number of halogens is 1. The zero-order chi connectivity index (χ0) is 23.4. The van der Waals surface area contributed by atoms with E-state index in [4.69, 9.17) is 21.1 Å². The summed E-state index contributed by atoms with van der Waals surface area (Å²) in [5.74, 6) is 1.06. The molecule has 0 heterocycles. The number of carbonyl (C=O) groups excluding carboxylic acids is 1. The lowest BCUT2D eigenvalue weighted by Gasteiger charge is -2.25. The Labute approximate surface area is 195 Å². The van der Waals surface area contributed by atoms with Crippen LogP contribution in [0, 0.1) is 0 Å². The van der Waals surface area contributed by atoms with Gasteiger partial charge in [0.1, 0.15) is 18.1 Å². The van der Waals surface area contributed by atoms with E-state index >= 15 is 0 Å². The van der Waals surface area contributed by atoms with Crippen LogP contribution in [0.2, 0.25) is 5.02 Å². The number of rotatable bonds is 7. The van der Waals surface area contributed by atoms with Crippen LogP contribution >= 0.6 is 11.6 Å². The number of anilines is 1. The van der Waals surface area contributed by atoms with Crippen LogP contribution in [0.5, 0.6) is 11.5 Å². The van der Waals surface area contributed by atoms with E-state index in [1.807, 2.05) is 24.3 Å². The molecular formula is C27H30ClNO3. The lowest BCUT2D eigenvalue weighted by Crippen LogP contribution is -2.42. The smallest absolute Gasteiger partial charge is 0.267 e. The fourth-order valence-corrected chi connectivity index (χ4v) is 3.15. The Morgan fingerprint density at radius 1 is 0.812 bits per heavy atom. The second-order valence-electron chi connectivity index (χ2n) is 9.28. The van der Waals surface area contributed by atoms with Gasteiger partial charge in [-0.2, -0.15) is 0 Å². The van der Waals surface area contributed by atoms with Crippen molar-refractivity contribution in [2.75, 3.05) is 5.32 Å². The van der Waals surface area contributed by atoms with Gasteiger partial charge in [0.15, 0.2) is 5.60 Å². The fourth-order valence-electron chi connectivity index (χ4n) is 3.03. The van der Waals surface area contributed by atoms with Gasteiger partial charge >= 0.3 is 0 Å². The maximum absolute atomic E-state index is 12.7. The van der Waals surface area contributed by atoms with Crippen LogP contribution in [0.4, 0.5) is 5.69 Å². The summed E-state index contributed by atoms with van der Waals surface area (Å²) in [6.45, 7) is 10.5. The van der Waals surface area contributed by atoms with Gasteiger partial charge < -0.3 is 14.8 Å². The van der Waals surface area contributed by atoms with Gasteiger partial charge in [-0.1, -0.05) is 56.6 Å². The first-order chi connectivity index (χ1) is 15.0. The van der Waals surface area contributed by atoms with E-state index < -0.39 is 5.60 Å². The van der Waals surface area contributed by atoms with E-state index in [-0.39, 0.29) is 11.3 Å². The molecule has 168 valence electrons. The van der Waals surface area contributed by atoms with E-state index in [2.05, 4.69) is 50.4 Å². The minimum atomic E-state index is -1.05. The van der Waals surface area contributed by atoms with Crippen LogP contribution in [0.3, 0.4) is 0 Å². The largest absolute Gasteiger partial charge is 0.489 e. The summed E-state index contributed by atoms with van der Waals surface area (Å²) in [6.07, 6.45) is 0. The molecule has 0 fully saturated rings. The molecule has 0 aromatic heterocycles. The van der Waals surface area contributed by atoms with Crippen molar-refractivity contribution in [3.63, 3.8) is 0 Å². The topological polar surface area (TPSA) is 47.6 Å². The summed E-state index contributed by atoms with van der Waals surface area (Å²) in [5, 5.41) is 3.50. The number of nitrogens with one attached hydrogen (secondary N) is 1. The summed E-state index contributed by atoms with van der Waals surface area (Å²) < 4.78 is 11.7. The van der Waals surface area contributed by atoms with Gasteiger partial charge in [0.05, 0.1) is 0 Å². The van der Waals surface area contributed by atoms with E-state index in [1.165, 1.54) is 5.56 Å². The number of amides is 1. The van der Waals surface area contributed by atoms with Crippen molar-refractivity contribution in [2.45, 2.75) is 52.2 Å². The Kier molecular flexibility index (Phi) is 7.15. The van der Waals surface area contributed by atoms with Crippen LogP contribution in [0.1, 0.15) is 45.7 Å². The van der Waals surface area contributed by atoms with Crippen molar-refractivity contribution in [1.29, 1.82) is 0 Å². The van der Waals surface area contributed by atoms with Crippen molar-refractivity contribution in [1.82, 2.24) is 0 Å². The van der Waals surface area contributed by atoms with Crippen LogP contribution in [0.15, 0.2) is 72.8 Å². The summed E-state index contributed by atoms with van der Waals surface area (Å²) >= 11 is 5.90. The second kappa shape index (κ2) is 9.66. The molecule has 1 amide bonds. The van der Waals surface area contributed by atoms with Crippen molar-refractivity contribution in [3.8, 4) is 11.5 Å². The third-order valence-electron chi connectivity index (χ3n) is 5.07. The molecule has 3 aromatic carbocycles. The lowest BCUT2D eigenvalue weighted by atomic mass is 9.87. The molecule has 3 aromatic rings. The molecule has 0 radical (unpaired) electrons.